The van der Waals surface area contributed by atoms with Gasteiger partial charge in [-0.3, -0.25) is 4.98 Å². The summed E-state index contributed by atoms with van der Waals surface area (Å²) in [4.78, 5) is 4.00. The second kappa shape index (κ2) is 4.55. The first-order chi connectivity index (χ1) is 6.19. The van der Waals surface area contributed by atoms with Crippen molar-refractivity contribution in [3.63, 3.8) is 0 Å². The quantitative estimate of drug-likeness (QED) is 0.830. The first-order valence-corrected chi connectivity index (χ1v) is 4.56. The highest BCUT2D eigenvalue weighted by Gasteiger charge is 2.09. The zero-order chi connectivity index (χ0) is 9.84. The van der Waals surface area contributed by atoms with Gasteiger partial charge in [0.1, 0.15) is 11.9 Å². The van der Waals surface area contributed by atoms with Gasteiger partial charge in [-0.2, -0.15) is 0 Å². The van der Waals surface area contributed by atoms with Crippen molar-refractivity contribution in [2.24, 2.45) is 5.73 Å². The maximum Gasteiger partial charge on any atom is 0.136 e. The lowest BCUT2D eigenvalue weighted by atomic mass is 10.2. The van der Waals surface area contributed by atoms with Crippen molar-refractivity contribution in [1.29, 1.82) is 0 Å². The molecule has 1 heterocycles. The van der Waals surface area contributed by atoms with E-state index < -0.39 is 6.10 Å². The Morgan fingerprint density at radius 3 is 3.00 bits per heavy atom. The molecule has 1 rings (SSSR count). The first kappa shape index (κ1) is 10.4. The van der Waals surface area contributed by atoms with Gasteiger partial charge in [0, 0.05) is 18.8 Å². The molecule has 4 nitrogen and oxygen atoms in total. The molecule has 3 N–H and O–H groups in total. The van der Waals surface area contributed by atoms with Gasteiger partial charge in [-0.05, 0) is 15.9 Å². The lowest BCUT2D eigenvalue weighted by molar-refractivity contribution is 0.181. The number of aromatic nitrogens is 1. The predicted octanol–water partition coefficient (Wildman–Crippen LogP) is 0.845. The number of hydrogen-bond acceptors (Lipinski definition) is 4. The second-order valence-corrected chi connectivity index (χ2v) is 3.35. The monoisotopic (exact) mass is 246 g/mol. The summed E-state index contributed by atoms with van der Waals surface area (Å²) in [5.74, 6) is 0.637. The van der Waals surface area contributed by atoms with E-state index in [2.05, 4.69) is 20.9 Å². The average Bonchev–Trinajstić information content (AvgIpc) is 2.17. The molecular weight excluding hydrogens is 236 g/mol. The van der Waals surface area contributed by atoms with Gasteiger partial charge in [-0.25, -0.2) is 0 Å². The van der Waals surface area contributed by atoms with Crippen LogP contribution in [0.4, 0.5) is 0 Å². The van der Waals surface area contributed by atoms with Crippen LogP contribution in [0, 0.1) is 0 Å². The van der Waals surface area contributed by atoms with E-state index >= 15 is 0 Å². The summed E-state index contributed by atoms with van der Waals surface area (Å²) in [5.41, 5.74) is 5.81. The molecule has 1 aromatic rings. The Morgan fingerprint density at radius 1 is 1.77 bits per heavy atom. The third-order valence-electron chi connectivity index (χ3n) is 1.63. The van der Waals surface area contributed by atoms with Crippen LogP contribution < -0.4 is 10.5 Å². The normalized spacial score (nSPS) is 12.6. The van der Waals surface area contributed by atoms with Gasteiger partial charge >= 0.3 is 0 Å². The van der Waals surface area contributed by atoms with E-state index in [0.717, 1.165) is 4.47 Å². The van der Waals surface area contributed by atoms with Crippen LogP contribution in [0.25, 0.3) is 0 Å². The number of rotatable bonds is 3. The number of nitrogens with two attached hydrogens (primary N) is 1. The van der Waals surface area contributed by atoms with Gasteiger partial charge in [-0.1, -0.05) is 0 Å². The Balaban J connectivity index is 2.99. The van der Waals surface area contributed by atoms with E-state index in [4.69, 9.17) is 10.5 Å². The van der Waals surface area contributed by atoms with E-state index in [1.807, 2.05) is 0 Å². The number of aliphatic hydroxyl groups excluding tert-OH is 1. The van der Waals surface area contributed by atoms with Crippen molar-refractivity contribution in [2.45, 2.75) is 6.10 Å². The third-order valence-corrected chi connectivity index (χ3v) is 2.22. The van der Waals surface area contributed by atoms with Crippen LogP contribution in [0.5, 0.6) is 5.75 Å². The lowest BCUT2D eigenvalue weighted by Crippen LogP contribution is -2.12. The van der Waals surface area contributed by atoms with Gasteiger partial charge in [0.15, 0.2) is 0 Å². The zero-order valence-electron chi connectivity index (χ0n) is 7.20. The van der Waals surface area contributed by atoms with E-state index in [-0.39, 0.29) is 6.54 Å². The molecule has 0 amide bonds. The smallest absolute Gasteiger partial charge is 0.136 e. The topological polar surface area (TPSA) is 68.4 Å². The molecule has 0 radical (unpaired) electrons. The maximum atomic E-state index is 9.38. The van der Waals surface area contributed by atoms with Crippen LogP contribution in [-0.4, -0.2) is 23.7 Å². The van der Waals surface area contributed by atoms with Crippen LogP contribution >= 0.6 is 15.9 Å². The summed E-state index contributed by atoms with van der Waals surface area (Å²) in [6, 6.07) is 1.65. The summed E-state index contributed by atoms with van der Waals surface area (Å²) in [5, 5.41) is 9.38. The molecule has 5 heteroatoms. The number of methoxy groups -OCH3 is 1. The summed E-state index contributed by atoms with van der Waals surface area (Å²) in [6.07, 6.45) is 0.842. The molecule has 1 unspecified atom stereocenters. The largest absolute Gasteiger partial charge is 0.495 e. The van der Waals surface area contributed by atoms with E-state index in [1.54, 1.807) is 19.4 Å². The lowest BCUT2D eigenvalue weighted by Gasteiger charge is -2.09. The molecule has 0 aromatic carbocycles. The number of nitrogens with zero attached hydrogens (tertiary/aromatic N) is 1. The molecule has 0 spiro atoms. The van der Waals surface area contributed by atoms with Crippen LogP contribution in [0.3, 0.4) is 0 Å². The number of pyridine rings is 1. The SMILES string of the molecule is COc1cc(C(O)CN)ncc1Br. The summed E-state index contributed by atoms with van der Waals surface area (Å²) in [6.45, 7) is 0.151. The van der Waals surface area contributed by atoms with E-state index in [1.165, 1.54) is 0 Å². The standard InChI is InChI=1S/C8H11BrN2O2/c1-13-8-2-6(7(12)3-10)11-4-5(8)9/h2,4,7,12H,3,10H2,1H3. The second-order valence-electron chi connectivity index (χ2n) is 2.50. The molecule has 72 valence electrons. The minimum absolute atomic E-state index is 0.151. The fourth-order valence-electron chi connectivity index (χ4n) is 0.895. The van der Waals surface area contributed by atoms with Crippen molar-refractivity contribution in [3.05, 3.63) is 22.4 Å². The first-order valence-electron chi connectivity index (χ1n) is 3.76. The Morgan fingerprint density at radius 2 is 2.46 bits per heavy atom. The molecule has 13 heavy (non-hydrogen) atoms. The summed E-state index contributed by atoms with van der Waals surface area (Å²) in [7, 11) is 1.55. The highest BCUT2D eigenvalue weighted by Crippen LogP contribution is 2.25. The van der Waals surface area contributed by atoms with Crippen molar-refractivity contribution < 1.29 is 9.84 Å². The van der Waals surface area contributed by atoms with Gasteiger partial charge in [0.2, 0.25) is 0 Å². The predicted molar refractivity (Wildman–Crippen MR) is 52.5 cm³/mol. The highest BCUT2D eigenvalue weighted by molar-refractivity contribution is 9.10. The number of hydrogen-bond donors (Lipinski definition) is 2. The summed E-state index contributed by atoms with van der Waals surface area (Å²) >= 11 is 3.26. The Bertz CT molecular complexity index is 293. The third kappa shape index (κ3) is 2.40. The zero-order valence-corrected chi connectivity index (χ0v) is 8.78. The highest BCUT2D eigenvalue weighted by atomic mass is 79.9. The molecule has 0 saturated heterocycles. The minimum atomic E-state index is -0.734. The van der Waals surface area contributed by atoms with E-state index in [9.17, 15) is 5.11 Å². The Kier molecular flexibility index (Phi) is 3.65. The van der Waals surface area contributed by atoms with Gasteiger partial charge in [0.05, 0.1) is 17.3 Å². The molecular formula is C8H11BrN2O2. The fraction of sp³-hybridized carbons (Fsp3) is 0.375. The van der Waals surface area contributed by atoms with Gasteiger partial charge in [0.25, 0.3) is 0 Å². The molecule has 0 fully saturated rings. The molecule has 0 aliphatic heterocycles. The van der Waals surface area contributed by atoms with Gasteiger partial charge in [-0.15, -0.1) is 0 Å². The minimum Gasteiger partial charge on any atom is -0.495 e. The number of ether oxygens (including phenoxy) is 1. The molecule has 0 saturated carbocycles. The maximum absolute atomic E-state index is 9.38. The van der Waals surface area contributed by atoms with Crippen LogP contribution in [0.1, 0.15) is 11.8 Å². The number of halogens is 1. The molecule has 0 aliphatic carbocycles. The van der Waals surface area contributed by atoms with E-state index in [0.29, 0.717) is 11.4 Å². The van der Waals surface area contributed by atoms with Crippen LogP contribution in [-0.2, 0) is 0 Å². The average molecular weight is 247 g/mol. The van der Waals surface area contributed by atoms with Crippen molar-refractivity contribution in [3.8, 4) is 5.75 Å². The molecule has 0 bridgehead atoms. The summed E-state index contributed by atoms with van der Waals surface area (Å²) < 4.78 is 5.79. The van der Waals surface area contributed by atoms with Crippen molar-refractivity contribution in [1.82, 2.24) is 4.98 Å². The van der Waals surface area contributed by atoms with Crippen molar-refractivity contribution in [2.75, 3.05) is 13.7 Å². The fourth-order valence-corrected chi connectivity index (χ4v) is 1.27. The Hall–Kier alpha value is -0.650. The van der Waals surface area contributed by atoms with Crippen LogP contribution in [0.15, 0.2) is 16.7 Å². The molecule has 1 aromatic heterocycles. The van der Waals surface area contributed by atoms with Crippen molar-refractivity contribution >= 4 is 15.9 Å². The van der Waals surface area contributed by atoms with Gasteiger partial charge < -0.3 is 15.6 Å². The molecule has 0 aliphatic rings. The van der Waals surface area contributed by atoms with Crippen LogP contribution in [0.2, 0.25) is 0 Å². The Labute approximate surface area is 84.9 Å². The number of aliphatic hydroxyl groups is 1. The molecule has 1 atom stereocenters.